The summed E-state index contributed by atoms with van der Waals surface area (Å²) in [4.78, 5) is 5.97. The maximum absolute atomic E-state index is 9.67. The number of hydrogen-bond acceptors (Lipinski definition) is 6. The second-order valence-electron chi connectivity index (χ2n) is 3.98. The van der Waals surface area contributed by atoms with E-state index < -0.39 is 6.10 Å². The van der Waals surface area contributed by atoms with Crippen LogP contribution in [0.25, 0.3) is 0 Å². The highest BCUT2D eigenvalue weighted by Crippen LogP contribution is 2.29. The quantitative estimate of drug-likeness (QED) is 0.522. The number of hydrogen-bond donors (Lipinski definition) is 4. The van der Waals surface area contributed by atoms with Crippen molar-refractivity contribution < 1.29 is 10.2 Å². The van der Waals surface area contributed by atoms with E-state index in [1.54, 1.807) is 6.07 Å². The van der Waals surface area contributed by atoms with Gasteiger partial charge in [-0.2, -0.15) is 0 Å². The molecule has 1 aromatic heterocycles. The van der Waals surface area contributed by atoms with Crippen molar-refractivity contribution in [2.45, 2.75) is 18.6 Å². The molecule has 1 fully saturated rings. The summed E-state index contributed by atoms with van der Waals surface area (Å²) >= 11 is 0. The van der Waals surface area contributed by atoms with Gasteiger partial charge in [0.25, 0.3) is 0 Å². The lowest BCUT2D eigenvalue weighted by molar-refractivity contribution is 0.128. The Labute approximate surface area is 93.5 Å². The molecule has 2 heterocycles. The molecule has 1 aliphatic rings. The van der Waals surface area contributed by atoms with Gasteiger partial charge in [-0.05, 0) is 12.5 Å². The van der Waals surface area contributed by atoms with Crippen LogP contribution in [0.15, 0.2) is 12.3 Å². The van der Waals surface area contributed by atoms with Crippen molar-refractivity contribution in [3.8, 4) is 0 Å². The molecule has 0 aromatic carbocycles. The fraction of sp³-hybridized carbons (Fsp3) is 0.500. The van der Waals surface area contributed by atoms with E-state index in [1.165, 1.54) is 6.20 Å². The third-order valence-electron chi connectivity index (χ3n) is 2.89. The van der Waals surface area contributed by atoms with Crippen LogP contribution in [0, 0.1) is 0 Å². The van der Waals surface area contributed by atoms with Crippen LogP contribution in [0.1, 0.15) is 6.42 Å². The van der Waals surface area contributed by atoms with Crippen LogP contribution in [0.3, 0.4) is 0 Å². The van der Waals surface area contributed by atoms with E-state index >= 15 is 0 Å². The van der Waals surface area contributed by atoms with Crippen molar-refractivity contribution in [2.24, 2.45) is 0 Å². The zero-order chi connectivity index (χ0) is 11.7. The van der Waals surface area contributed by atoms with E-state index in [0.29, 0.717) is 30.2 Å². The Bertz CT molecular complexity index is 385. The van der Waals surface area contributed by atoms with Crippen LogP contribution < -0.4 is 16.4 Å². The lowest BCUT2D eigenvalue weighted by Gasteiger charge is -2.26. The molecule has 6 nitrogen and oxygen atoms in total. The highest BCUT2D eigenvalue weighted by molar-refractivity contribution is 5.67. The van der Waals surface area contributed by atoms with Crippen LogP contribution >= 0.6 is 0 Å². The number of nitrogens with two attached hydrogens (primary N) is 2. The lowest BCUT2D eigenvalue weighted by atomic mass is 10.2. The minimum Gasteiger partial charge on any atom is -0.397 e. The normalized spacial score (nSPS) is 25.0. The maximum atomic E-state index is 9.67. The second-order valence-corrected chi connectivity index (χ2v) is 3.98. The molecule has 0 saturated carbocycles. The van der Waals surface area contributed by atoms with E-state index in [9.17, 15) is 10.2 Å². The molecule has 6 N–H and O–H groups in total. The summed E-state index contributed by atoms with van der Waals surface area (Å²) in [5, 5.41) is 18.9. The summed E-state index contributed by atoms with van der Waals surface area (Å²) in [6.07, 6.45) is 1.59. The number of aliphatic hydroxyl groups excluding tert-OH is 2. The van der Waals surface area contributed by atoms with Crippen molar-refractivity contribution in [1.29, 1.82) is 0 Å². The van der Waals surface area contributed by atoms with Gasteiger partial charge in [0, 0.05) is 6.54 Å². The molecule has 0 spiro atoms. The molecule has 0 radical (unpaired) electrons. The molecule has 0 aliphatic carbocycles. The minimum atomic E-state index is -0.538. The predicted molar refractivity (Wildman–Crippen MR) is 61.9 cm³/mol. The Balaban J connectivity index is 2.30. The Morgan fingerprint density at radius 3 is 2.88 bits per heavy atom. The van der Waals surface area contributed by atoms with Gasteiger partial charge in [0.2, 0.25) is 0 Å². The van der Waals surface area contributed by atoms with Gasteiger partial charge in [-0.25, -0.2) is 4.98 Å². The summed E-state index contributed by atoms with van der Waals surface area (Å²) in [6, 6.07) is 1.29. The predicted octanol–water partition coefficient (Wildman–Crippen LogP) is -0.822. The van der Waals surface area contributed by atoms with Gasteiger partial charge in [-0.3, -0.25) is 0 Å². The number of aromatic nitrogens is 1. The van der Waals surface area contributed by atoms with Crippen LogP contribution in [0.2, 0.25) is 0 Å². The molecular formula is C10H16N4O2. The molecule has 2 atom stereocenters. The van der Waals surface area contributed by atoms with Crippen LogP contribution in [-0.2, 0) is 0 Å². The molecule has 0 amide bonds. The summed E-state index contributed by atoms with van der Waals surface area (Å²) in [7, 11) is 0. The largest absolute Gasteiger partial charge is 0.397 e. The van der Waals surface area contributed by atoms with Gasteiger partial charge in [0.15, 0.2) is 5.82 Å². The average molecular weight is 224 g/mol. The molecule has 1 aliphatic heterocycles. The highest BCUT2D eigenvalue weighted by Gasteiger charge is 2.33. The summed E-state index contributed by atoms with van der Waals surface area (Å²) < 4.78 is 0. The van der Waals surface area contributed by atoms with Gasteiger partial charge in [-0.15, -0.1) is 0 Å². The first-order valence-corrected chi connectivity index (χ1v) is 5.20. The van der Waals surface area contributed by atoms with Gasteiger partial charge < -0.3 is 26.6 Å². The number of aliphatic hydroxyl groups is 2. The number of nitrogen functional groups attached to an aromatic ring is 2. The minimum absolute atomic E-state index is 0.118. The average Bonchev–Trinajstić information content (AvgIpc) is 2.59. The Kier molecular flexibility index (Phi) is 2.84. The molecule has 16 heavy (non-hydrogen) atoms. The Hall–Kier alpha value is -1.53. The lowest BCUT2D eigenvalue weighted by Crippen LogP contribution is -2.39. The summed E-state index contributed by atoms with van der Waals surface area (Å²) in [5.74, 6) is 0.574. The summed E-state index contributed by atoms with van der Waals surface area (Å²) in [5.41, 5.74) is 12.3. The second kappa shape index (κ2) is 4.15. The van der Waals surface area contributed by atoms with E-state index in [-0.39, 0.29) is 12.6 Å². The van der Waals surface area contributed by atoms with Crippen molar-refractivity contribution in [3.63, 3.8) is 0 Å². The molecular weight excluding hydrogens is 208 g/mol. The first-order valence-electron chi connectivity index (χ1n) is 5.20. The SMILES string of the molecule is Nc1cnc(N2CCC(O)C2CO)c(N)c1. The molecule has 0 bridgehead atoms. The molecule has 6 heteroatoms. The van der Waals surface area contributed by atoms with E-state index in [4.69, 9.17) is 11.5 Å². The fourth-order valence-corrected chi connectivity index (χ4v) is 2.05. The van der Waals surface area contributed by atoms with Crippen molar-refractivity contribution in [2.75, 3.05) is 29.5 Å². The third-order valence-corrected chi connectivity index (χ3v) is 2.89. The third kappa shape index (κ3) is 1.77. The van der Waals surface area contributed by atoms with Gasteiger partial charge in [0.05, 0.1) is 36.3 Å². The van der Waals surface area contributed by atoms with E-state index in [1.807, 2.05) is 4.90 Å². The first-order chi connectivity index (χ1) is 7.63. The Morgan fingerprint density at radius 2 is 2.25 bits per heavy atom. The molecule has 1 aromatic rings. The molecule has 2 unspecified atom stereocenters. The molecule has 1 saturated heterocycles. The maximum Gasteiger partial charge on any atom is 0.152 e. The molecule has 2 rings (SSSR count). The van der Waals surface area contributed by atoms with Crippen LogP contribution in [0.5, 0.6) is 0 Å². The highest BCUT2D eigenvalue weighted by atomic mass is 16.3. The topological polar surface area (TPSA) is 109 Å². The van der Waals surface area contributed by atoms with E-state index in [2.05, 4.69) is 4.98 Å². The number of anilines is 3. The zero-order valence-corrected chi connectivity index (χ0v) is 8.87. The summed E-state index contributed by atoms with van der Waals surface area (Å²) in [6.45, 7) is 0.514. The fourth-order valence-electron chi connectivity index (χ4n) is 2.05. The van der Waals surface area contributed by atoms with Crippen LogP contribution in [0.4, 0.5) is 17.2 Å². The van der Waals surface area contributed by atoms with E-state index in [0.717, 1.165) is 0 Å². The monoisotopic (exact) mass is 224 g/mol. The Morgan fingerprint density at radius 1 is 1.50 bits per heavy atom. The smallest absolute Gasteiger partial charge is 0.152 e. The van der Waals surface area contributed by atoms with Gasteiger partial charge >= 0.3 is 0 Å². The van der Waals surface area contributed by atoms with Crippen LogP contribution in [-0.4, -0.2) is 40.5 Å². The first kappa shape index (κ1) is 11.0. The van der Waals surface area contributed by atoms with Crippen molar-refractivity contribution in [1.82, 2.24) is 4.98 Å². The number of pyridine rings is 1. The van der Waals surface area contributed by atoms with Gasteiger partial charge in [0.1, 0.15) is 0 Å². The zero-order valence-electron chi connectivity index (χ0n) is 8.87. The molecule has 88 valence electrons. The standard InChI is InChI=1S/C10H16N4O2/c11-6-3-7(12)10(13-4-6)14-2-1-9(16)8(14)5-15/h3-4,8-9,15-16H,1-2,5,11-12H2. The number of rotatable bonds is 2. The van der Waals surface area contributed by atoms with Crippen molar-refractivity contribution >= 4 is 17.2 Å². The van der Waals surface area contributed by atoms with Gasteiger partial charge in [-0.1, -0.05) is 0 Å². The van der Waals surface area contributed by atoms with Crippen molar-refractivity contribution in [3.05, 3.63) is 12.3 Å². The number of nitrogens with zero attached hydrogens (tertiary/aromatic N) is 2.